The molecule has 1 aliphatic heterocycles. The van der Waals surface area contributed by atoms with Crippen molar-refractivity contribution in [1.29, 1.82) is 0 Å². The Morgan fingerprint density at radius 2 is 2.53 bits per heavy atom. The van der Waals surface area contributed by atoms with E-state index in [4.69, 9.17) is 4.74 Å². The average Bonchev–Trinajstić information content (AvgIpc) is 2.87. The lowest BCUT2D eigenvalue weighted by Crippen LogP contribution is -2.21. The highest BCUT2D eigenvalue weighted by molar-refractivity contribution is 4.81. The van der Waals surface area contributed by atoms with Gasteiger partial charge in [0.2, 0.25) is 0 Å². The van der Waals surface area contributed by atoms with Crippen molar-refractivity contribution in [3.05, 3.63) is 5.82 Å². The molecule has 1 aliphatic rings. The van der Waals surface area contributed by atoms with Gasteiger partial charge in [0, 0.05) is 6.61 Å². The predicted molar refractivity (Wildman–Crippen MR) is 54.2 cm³/mol. The van der Waals surface area contributed by atoms with Crippen molar-refractivity contribution in [2.45, 2.75) is 39.0 Å². The highest BCUT2D eigenvalue weighted by Crippen LogP contribution is 2.13. The van der Waals surface area contributed by atoms with Crippen molar-refractivity contribution in [2.75, 3.05) is 13.2 Å². The van der Waals surface area contributed by atoms with Gasteiger partial charge in [0.25, 0.3) is 0 Å². The molecular formula is C9H17N5O. The molecule has 0 bridgehead atoms. The van der Waals surface area contributed by atoms with E-state index < -0.39 is 0 Å². The maximum Gasteiger partial charge on any atom is 0.165 e. The van der Waals surface area contributed by atoms with Crippen LogP contribution in [0.4, 0.5) is 0 Å². The zero-order chi connectivity index (χ0) is 10.5. The Hall–Kier alpha value is -1.01. The molecule has 1 aromatic heterocycles. The van der Waals surface area contributed by atoms with E-state index in [9.17, 15) is 0 Å². The van der Waals surface area contributed by atoms with E-state index in [1.165, 1.54) is 0 Å². The number of nitrogens with one attached hydrogen (secondary N) is 1. The summed E-state index contributed by atoms with van der Waals surface area (Å²) < 4.78 is 7.38. The van der Waals surface area contributed by atoms with Crippen molar-refractivity contribution >= 4 is 0 Å². The molecular weight excluding hydrogens is 194 g/mol. The van der Waals surface area contributed by atoms with Gasteiger partial charge in [-0.05, 0) is 29.8 Å². The Balaban J connectivity index is 1.91. The smallest absolute Gasteiger partial charge is 0.165 e. The number of nitrogens with zero attached hydrogens (tertiary/aromatic N) is 4. The SMILES string of the molecule is CCNCc1nnnn1CC1CCCO1. The summed E-state index contributed by atoms with van der Waals surface area (Å²) in [5, 5.41) is 14.8. The normalized spacial score (nSPS) is 21.0. The first-order chi connectivity index (χ1) is 7.40. The van der Waals surface area contributed by atoms with Crippen molar-refractivity contribution in [3.63, 3.8) is 0 Å². The summed E-state index contributed by atoms with van der Waals surface area (Å²) in [6, 6.07) is 0. The molecule has 6 nitrogen and oxygen atoms in total. The summed E-state index contributed by atoms with van der Waals surface area (Å²) in [5.74, 6) is 0.882. The number of tetrazole rings is 1. The molecule has 1 unspecified atom stereocenters. The zero-order valence-electron chi connectivity index (χ0n) is 9.02. The molecule has 0 radical (unpaired) electrons. The number of ether oxygens (including phenoxy) is 1. The molecule has 1 aromatic rings. The molecule has 0 amide bonds. The second-order valence-corrected chi connectivity index (χ2v) is 3.69. The molecule has 1 saturated heterocycles. The van der Waals surface area contributed by atoms with Crippen LogP contribution in [0.15, 0.2) is 0 Å². The van der Waals surface area contributed by atoms with Gasteiger partial charge in [-0.1, -0.05) is 6.92 Å². The molecule has 2 heterocycles. The summed E-state index contributed by atoms with van der Waals surface area (Å²) in [4.78, 5) is 0. The third-order valence-corrected chi connectivity index (χ3v) is 2.54. The minimum atomic E-state index is 0.286. The standard InChI is InChI=1S/C9H17N5O/c1-2-10-6-9-11-12-13-14(9)7-8-4-3-5-15-8/h8,10H,2-7H2,1H3. The fourth-order valence-electron chi connectivity index (χ4n) is 1.71. The Bertz CT molecular complexity index is 294. The summed E-state index contributed by atoms with van der Waals surface area (Å²) in [7, 11) is 0. The molecule has 0 saturated carbocycles. The van der Waals surface area contributed by atoms with E-state index in [-0.39, 0.29) is 6.10 Å². The van der Waals surface area contributed by atoms with Crippen LogP contribution in [-0.4, -0.2) is 39.5 Å². The lowest BCUT2D eigenvalue weighted by atomic mass is 10.2. The number of hydrogen-bond donors (Lipinski definition) is 1. The Morgan fingerprint density at radius 1 is 1.60 bits per heavy atom. The fraction of sp³-hybridized carbons (Fsp3) is 0.889. The van der Waals surface area contributed by atoms with Crippen LogP contribution in [0.2, 0.25) is 0 Å². The van der Waals surface area contributed by atoms with Crippen LogP contribution >= 0.6 is 0 Å². The van der Waals surface area contributed by atoms with Crippen LogP contribution in [0.5, 0.6) is 0 Å². The second-order valence-electron chi connectivity index (χ2n) is 3.69. The largest absolute Gasteiger partial charge is 0.376 e. The van der Waals surface area contributed by atoms with Crippen LogP contribution in [0.3, 0.4) is 0 Å². The Kier molecular flexibility index (Phi) is 3.63. The monoisotopic (exact) mass is 211 g/mol. The molecule has 6 heteroatoms. The van der Waals surface area contributed by atoms with Crippen molar-refractivity contribution < 1.29 is 4.74 Å². The van der Waals surface area contributed by atoms with Gasteiger partial charge in [-0.3, -0.25) is 0 Å². The van der Waals surface area contributed by atoms with Crippen molar-refractivity contribution in [2.24, 2.45) is 0 Å². The van der Waals surface area contributed by atoms with Crippen LogP contribution in [-0.2, 0) is 17.8 Å². The van der Waals surface area contributed by atoms with E-state index >= 15 is 0 Å². The minimum Gasteiger partial charge on any atom is -0.376 e. The van der Waals surface area contributed by atoms with Gasteiger partial charge in [0.15, 0.2) is 5.82 Å². The molecule has 1 fully saturated rings. The van der Waals surface area contributed by atoms with Gasteiger partial charge in [0.05, 0.1) is 19.2 Å². The predicted octanol–water partition coefficient (Wildman–Crippen LogP) is -0.0384. The fourth-order valence-corrected chi connectivity index (χ4v) is 1.71. The van der Waals surface area contributed by atoms with E-state index in [0.717, 1.165) is 44.9 Å². The van der Waals surface area contributed by atoms with Gasteiger partial charge in [-0.15, -0.1) is 5.10 Å². The van der Waals surface area contributed by atoms with Gasteiger partial charge in [-0.2, -0.15) is 0 Å². The van der Waals surface area contributed by atoms with E-state index in [0.29, 0.717) is 0 Å². The quantitative estimate of drug-likeness (QED) is 0.740. The summed E-state index contributed by atoms with van der Waals surface area (Å²) in [6.07, 6.45) is 2.55. The number of aromatic nitrogens is 4. The van der Waals surface area contributed by atoms with Crippen LogP contribution < -0.4 is 5.32 Å². The van der Waals surface area contributed by atoms with E-state index in [1.54, 1.807) is 0 Å². The number of hydrogen-bond acceptors (Lipinski definition) is 5. The third kappa shape index (κ3) is 2.73. The first-order valence-electron chi connectivity index (χ1n) is 5.47. The van der Waals surface area contributed by atoms with Crippen molar-refractivity contribution in [3.8, 4) is 0 Å². The molecule has 15 heavy (non-hydrogen) atoms. The van der Waals surface area contributed by atoms with E-state index in [1.807, 2.05) is 4.68 Å². The average molecular weight is 211 g/mol. The molecule has 1 N–H and O–H groups in total. The van der Waals surface area contributed by atoms with Gasteiger partial charge >= 0.3 is 0 Å². The zero-order valence-corrected chi connectivity index (χ0v) is 9.02. The molecule has 0 spiro atoms. The molecule has 1 atom stereocenters. The lowest BCUT2D eigenvalue weighted by molar-refractivity contribution is 0.0925. The van der Waals surface area contributed by atoms with Crippen LogP contribution in [0.25, 0.3) is 0 Å². The minimum absolute atomic E-state index is 0.286. The summed E-state index contributed by atoms with van der Waals surface area (Å²) in [5.41, 5.74) is 0. The lowest BCUT2D eigenvalue weighted by Gasteiger charge is -2.10. The maximum absolute atomic E-state index is 5.55. The summed E-state index contributed by atoms with van der Waals surface area (Å²) >= 11 is 0. The van der Waals surface area contributed by atoms with Crippen LogP contribution in [0, 0.1) is 0 Å². The topological polar surface area (TPSA) is 64.9 Å². The first kappa shape index (κ1) is 10.5. The Morgan fingerprint density at radius 3 is 3.27 bits per heavy atom. The number of rotatable bonds is 5. The highest BCUT2D eigenvalue weighted by Gasteiger charge is 2.18. The van der Waals surface area contributed by atoms with Crippen LogP contribution in [0.1, 0.15) is 25.6 Å². The first-order valence-corrected chi connectivity index (χ1v) is 5.47. The molecule has 0 aliphatic carbocycles. The molecule has 84 valence electrons. The molecule has 0 aromatic carbocycles. The van der Waals surface area contributed by atoms with Gasteiger partial charge in [-0.25, -0.2) is 4.68 Å². The Labute approximate surface area is 89.0 Å². The van der Waals surface area contributed by atoms with Crippen molar-refractivity contribution in [1.82, 2.24) is 25.5 Å². The highest BCUT2D eigenvalue weighted by atomic mass is 16.5. The summed E-state index contributed by atoms with van der Waals surface area (Å²) in [6.45, 7) is 5.35. The third-order valence-electron chi connectivity index (χ3n) is 2.54. The molecule has 2 rings (SSSR count). The van der Waals surface area contributed by atoms with Gasteiger partial charge in [0.1, 0.15) is 0 Å². The van der Waals surface area contributed by atoms with E-state index in [2.05, 4.69) is 27.8 Å². The second kappa shape index (κ2) is 5.18. The van der Waals surface area contributed by atoms with Gasteiger partial charge < -0.3 is 10.1 Å². The maximum atomic E-state index is 5.55.